The predicted octanol–water partition coefficient (Wildman–Crippen LogP) is 1.40. The Morgan fingerprint density at radius 2 is 2.46 bits per heavy atom. The first-order valence-electron chi connectivity index (χ1n) is 5.10. The maximum atomic E-state index is 4.22. The van der Waals surface area contributed by atoms with Crippen molar-refractivity contribution in [3.05, 3.63) is 18.0 Å². The van der Waals surface area contributed by atoms with E-state index in [0.717, 1.165) is 19.0 Å². The Morgan fingerprint density at radius 3 is 3.08 bits per heavy atom. The van der Waals surface area contributed by atoms with E-state index in [4.69, 9.17) is 0 Å². The van der Waals surface area contributed by atoms with E-state index in [9.17, 15) is 0 Å². The minimum atomic E-state index is 0.959. The zero-order chi connectivity index (χ0) is 9.10. The van der Waals surface area contributed by atoms with Crippen LogP contribution in [0, 0.1) is 5.92 Å². The van der Waals surface area contributed by atoms with Gasteiger partial charge >= 0.3 is 0 Å². The number of rotatable bonds is 5. The summed E-state index contributed by atoms with van der Waals surface area (Å²) in [5, 5.41) is 7.67. The predicted molar refractivity (Wildman–Crippen MR) is 52.3 cm³/mol. The molecule has 1 N–H and O–H groups in total. The van der Waals surface area contributed by atoms with Crippen molar-refractivity contribution >= 4 is 0 Å². The zero-order valence-electron chi connectivity index (χ0n) is 8.16. The molecule has 1 aliphatic rings. The van der Waals surface area contributed by atoms with Crippen LogP contribution in [0.4, 0.5) is 0 Å². The molecule has 13 heavy (non-hydrogen) atoms. The van der Waals surface area contributed by atoms with Gasteiger partial charge in [-0.1, -0.05) is 0 Å². The van der Waals surface area contributed by atoms with Gasteiger partial charge in [-0.05, 0) is 32.2 Å². The second-order valence-corrected chi connectivity index (χ2v) is 3.78. The second-order valence-electron chi connectivity index (χ2n) is 3.78. The molecule has 72 valence electrons. The van der Waals surface area contributed by atoms with Gasteiger partial charge in [0.15, 0.2) is 0 Å². The van der Waals surface area contributed by atoms with Crippen molar-refractivity contribution in [2.24, 2.45) is 5.92 Å². The molecule has 3 nitrogen and oxygen atoms in total. The van der Waals surface area contributed by atoms with E-state index >= 15 is 0 Å². The van der Waals surface area contributed by atoms with E-state index in [2.05, 4.69) is 23.5 Å². The fourth-order valence-electron chi connectivity index (χ4n) is 1.41. The number of aromatic nitrogens is 2. The summed E-state index contributed by atoms with van der Waals surface area (Å²) in [7, 11) is 0. The molecule has 1 saturated carbocycles. The fourth-order valence-corrected chi connectivity index (χ4v) is 1.41. The van der Waals surface area contributed by atoms with E-state index < -0.39 is 0 Å². The summed E-state index contributed by atoms with van der Waals surface area (Å²) in [5.74, 6) is 0.959. The number of aryl methyl sites for hydroxylation is 1. The minimum absolute atomic E-state index is 0.959. The third-order valence-corrected chi connectivity index (χ3v) is 2.47. The van der Waals surface area contributed by atoms with Crippen molar-refractivity contribution in [2.75, 3.05) is 6.54 Å². The highest BCUT2D eigenvalue weighted by molar-refractivity contribution is 5.03. The van der Waals surface area contributed by atoms with Crippen LogP contribution in [-0.4, -0.2) is 16.3 Å². The Kier molecular flexibility index (Phi) is 2.64. The molecule has 1 aliphatic carbocycles. The van der Waals surface area contributed by atoms with Crippen molar-refractivity contribution in [1.82, 2.24) is 15.1 Å². The van der Waals surface area contributed by atoms with E-state index in [1.54, 1.807) is 0 Å². The van der Waals surface area contributed by atoms with Gasteiger partial charge in [-0.2, -0.15) is 5.10 Å². The molecule has 1 aromatic heterocycles. The van der Waals surface area contributed by atoms with Crippen LogP contribution in [0.1, 0.15) is 25.3 Å². The SMILES string of the molecule is CCn1cc(CNCC2CC2)cn1. The molecule has 0 aromatic carbocycles. The smallest absolute Gasteiger partial charge is 0.0534 e. The summed E-state index contributed by atoms with van der Waals surface area (Å²) in [6, 6.07) is 0. The van der Waals surface area contributed by atoms with Crippen LogP contribution < -0.4 is 5.32 Å². The first-order valence-corrected chi connectivity index (χ1v) is 5.10. The van der Waals surface area contributed by atoms with E-state index in [-0.39, 0.29) is 0 Å². The Bertz CT molecular complexity index is 263. The second kappa shape index (κ2) is 3.92. The van der Waals surface area contributed by atoms with E-state index in [0.29, 0.717) is 0 Å². The van der Waals surface area contributed by atoms with Crippen molar-refractivity contribution in [3.8, 4) is 0 Å². The summed E-state index contributed by atoms with van der Waals surface area (Å²) in [6.07, 6.45) is 6.89. The average Bonchev–Trinajstić information content (AvgIpc) is 2.84. The third kappa shape index (κ3) is 2.56. The number of hydrogen-bond donors (Lipinski definition) is 1. The highest BCUT2D eigenvalue weighted by Gasteiger charge is 2.20. The molecule has 0 spiro atoms. The molecule has 1 aromatic rings. The number of hydrogen-bond acceptors (Lipinski definition) is 2. The van der Waals surface area contributed by atoms with Gasteiger partial charge in [-0.25, -0.2) is 0 Å². The normalized spacial score (nSPS) is 16.4. The van der Waals surface area contributed by atoms with Gasteiger partial charge in [0, 0.05) is 24.8 Å². The lowest BCUT2D eigenvalue weighted by Crippen LogP contribution is -2.15. The average molecular weight is 179 g/mol. The third-order valence-electron chi connectivity index (χ3n) is 2.47. The van der Waals surface area contributed by atoms with Crippen molar-refractivity contribution in [2.45, 2.75) is 32.9 Å². The van der Waals surface area contributed by atoms with Crippen LogP contribution in [0.15, 0.2) is 12.4 Å². The number of nitrogens with one attached hydrogen (secondary N) is 1. The van der Waals surface area contributed by atoms with Crippen LogP contribution in [-0.2, 0) is 13.1 Å². The molecule has 0 amide bonds. The molecule has 2 rings (SSSR count). The molecule has 3 heteroatoms. The quantitative estimate of drug-likeness (QED) is 0.740. The van der Waals surface area contributed by atoms with Gasteiger partial charge < -0.3 is 5.32 Å². The van der Waals surface area contributed by atoms with E-state index in [1.807, 2.05) is 10.9 Å². The topological polar surface area (TPSA) is 29.9 Å². The van der Waals surface area contributed by atoms with Gasteiger partial charge in [0.2, 0.25) is 0 Å². The monoisotopic (exact) mass is 179 g/mol. The zero-order valence-corrected chi connectivity index (χ0v) is 8.16. The van der Waals surface area contributed by atoms with Crippen LogP contribution in [0.25, 0.3) is 0 Å². The van der Waals surface area contributed by atoms with Crippen LogP contribution in [0.5, 0.6) is 0 Å². The molecule has 0 unspecified atom stereocenters. The van der Waals surface area contributed by atoms with Gasteiger partial charge in [0.25, 0.3) is 0 Å². The Labute approximate surface area is 79.1 Å². The van der Waals surface area contributed by atoms with Crippen molar-refractivity contribution < 1.29 is 0 Å². The number of nitrogens with zero attached hydrogens (tertiary/aromatic N) is 2. The lowest BCUT2D eigenvalue weighted by Gasteiger charge is -1.99. The highest BCUT2D eigenvalue weighted by Crippen LogP contribution is 2.27. The maximum Gasteiger partial charge on any atom is 0.0534 e. The van der Waals surface area contributed by atoms with Crippen molar-refractivity contribution in [3.63, 3.8) is 0 Å². The lowest BCUT2D eigenvalue weighted by atomic mass is 10.3. The maximum absolute atomic E-state index is 4.22. The summed E-state index contributed by atoms with van der Waals surface area (Å²) in [5.41, 5.74) is 1.29. The first-order chi connectivity index (χ1) is 6.38. The summed E-state index contributed by atoms with van der Waals surface area (Å²) in [4.78, 5) is 0. The molecular weight excluding hydrogens is 162 g/mol. The summed E-state index contributed by atoms with van der Waals surface area (Å²) >= 11 is 0. The molecule has 0 bridgehead atoms. The summed E-state index contributed by atoms with van der Waals surface area (Å²) in [6.45, 7) is 5.21. The fraction of sp³-hybridized carbons (Fsp3) is 0.700. The minimum Gasteiger partial charge on any atom is -0.312 e. The molecule has 1 fully saturated rings. The van der Waals surface area contributed by atoms with Crippen molar-refractivity contribution in [1.29, 1.82) is 0 Å². The van der Waals surface area contributed by atoms with E-state index in [1.165, 1.54) is 24.9 Å². The van der Waals surface area contributed by atoms with Gasteiger partial charge in [-0.3, -0.25) is 4.68 Å². The van der Waals surface area contributed by atoms with Crippen LogP contribution in [0.2, 0.25) is 0 Å². The Balaban J connectivity index is 1.72. The molecule has 0 radical (unpaired) electrons. The van der Waals surface area contributed by atoms with Gasteiger partial charge in [0.1, 0.15) is 0 Å². The van der Waals surface area contributed by atoms with Gasteiger partial charge in [-0.15, -0.1) is 0 Å². The van der Waals surface area contributed by atoms with Crippen LogP contribution >= 0.6 is 0 Å². The Hall–Kier alpha value is -0.830. The molecule has 0 saturated heterocycles. The molecule has 0 atom stereocenters. The Morgan fingerprint density at radius 1 is 1.62 bits per heavy atom. The molecule has 1 heterocycles. The highest BCUT2D eigenvalue weighted by atomic mass is 15.3. The van der Waals surface area contributed by atoms with Gasteiger partial charge in [0.05, 0.1) is 6.20 Å². The standard InChI is InChI=1S/C10H17N3/c1-2-13-8-10(7-12-13)6-11-5-9-3-4-9/h7-9,11H,2-6H2,1H3. The molecular formula is C10H17N3. The largest absolute Gasteiger partial charge is 0.312 e. The van der Waals surface area contributed by atoms with Crippen LogP contribution in [0.3, 0.4) is 0 Å². The summed E-state index contributed by atoms with van der Waals surface area (Å²) < 4.78 is 1.97. The molecule has 0 aliphatic heterocycles. The first kappa shape index (κ1) is 8.75. The lowest BCUT2D eigenvalue weighted by molar-refractivity contribution is 0.634.